The highest BCUT2D eigenvalue weighted by Gasteiger charge is 2.21. The van der Waals surface area contributed by atoms with Gasteiger partial charge in [0, 0.05) is 39.8 Å². The first-order valence-electron chi connectivity index (χ1n) is 7.42. The Kier molecular flexibility index (Phi) is 4.30. The molecule has 0 radical (unpaired) electrons. The number of hydrogen-bond donors (Lipinski definition) is 0. The van der Waals surface area contributed by atoms with Gasteiger partial charge in [0.1, 0.15) is 0 Å². The van der Waals surface area contributed by atoms with E-state index in [1.54, 1.807) is 11.3 Å². The highest BCUT2D eigenvalue weighted by atomic mass is 32.1. The summed E-state index contributed by atoms with van der Waals surface area (Å²) in [5.74, 6) is -0.142. The van der Waals surface area contributed by atoms with Gasteiger partial charge in [-0.2, -0.15) is 5.10 Å². The summed E-state index contributed by atoms with van der Waals surface area (Å²) >= 11 is 1.71. The molecule has 0 saturated carbocycles. The first-order chi connectivity index (χ1) is 10.6. The van der Waals surface area contributed by atoms with E-state index in [2.05, 4.69) is 19.6 Å². The lowest BCUT2D eigenvalue weighted by Crippen LogP contribution is -2.46. The number of anilines is 1. The van der Waals surface area contributed by atoms with Gasteiger partial charge in [-0.25, -0.2) is 9.67 Å². The fourth-order valence-corrected chi connectivity index (χ4v) is 3.81. The summed E-state index contributed by atoms with van der Waals surface area (Å²) in [5.41, 5.74) is 2.00. The average molecular weight is 323 g/mol. The molecule has 3 rings (SSSR count). The number of esters is 1. The fourth-order valence-electron chi connectivity index (χ4n) is 2.72. The Morgan fingerprint density at radius 3 is 2.68 bits per heavy atom. The lowest BCUT2D eigenvalue weighted by atomic mass is 10.3. The number of aromatic nitrogens is 3. The number of ether oxygens (including phenoxy) is 1. The second kappa shape index (κ2) is 6.21. The molecule has 3 heterocycles. The number of nitrogens with zero attached hydrogens (tertiary/aromatic N) is 5. The van der Waals surface area contributed by atoms with E-state index in [0.29, 0.717) is 6.42 Å². The summed E-state index contributed by atoms with van der Waals surface area (Å²) in [4.78, 5) is 20.5. The second-order valence-corrected chi connectivity index (χ2v) is 6.49. The average Bonchev–Trinajstić information content (AvgIpc) is 3.08. The molecule has 1 aliphatic rings. The number of fused-ring (bicyclic) bond motifs is 1. The van der Waals surface area contributed by atoms with Crippen molar-refractivity contribution in [2.24, 2.45) is 7.05 Å². The molecule has 2 aromatic rings. The lowest BCUT2D eigenvalue weighted by Gasteiger charge is -2.34. The maximum atomic E-state index is 11.2. The summed E-state index contributed by atoms with van der Waals surface area (Å²) in [5, 5.41) is 5.46. The van der Waals surface area contributed by atoms with Crippen molar-refractivity contribution < 1.29 is 9.53 Å². The SMILES string of the molecule is COC(=O)CCN1CCN(c2nc3c(s2)c(C)nn3C)CC1. The van der Waals surface area contributed by atoms with Crippen molar-refractivity contribution in [3.8, 4) is 0 Å². The summed E-state index contributed by atoms with van der Waals surface area (Å²) in [6, 6.07) is 0. The number of methoxy groups -OCH3 is 1. The number of piperazine rings is 1. The Balaban J connectivity index is 1.60. The smallest absolute Gasteiger partial charge is 0.306 e. The molecule has 0 N–H and O–H groups in total. The number of thiazole rings is 1. The van der Waals surface area contributed by atoms with E-state index >= 15 is 0 Å². The third-order valence-corrected chi connectivity index (χ3v) is 5.25. The minimum Gasteiger partial charge on any atom is -0.469 e. The zero-order chi connectivity index (χ0) is 15.7. The van der Waals surface area contributed by atoms with E-state index in [0.717, 1.165) is 49.2 Å². The highest BCUT2D eigenvalue weighted by molar-refractivity contribution is 7.22. The predicted octanol–water partition coefficient (Wildman–Crippen LogP) is 1.02. The Bertz CT molecular complexity index is 638. The van der Waals surface area contributed by atoms with Crippen LogP contribution in [0.5, 0.6) is 0 Å². The fraction of sp³-hybridized carbons (Fsp3) is 0.643. The van der Waals surface area contributed by atoms with Gasteiger partial charge in [-0.3, -0.25) is 9.69 Å². The molecule has 0 bridgehead atoms. The van der Waals surface area contributed by atoms with Crippen LogP contribution in [0.15, 0.2) is 0 Å². The van der Waals surface area contributed by atoms with Gasteiger partial charge in [0.2, 0.25) is 0 Å². The minimum absolute atomic E-state index is 0.142. The van der Waals surface area contributed by atoms with Gasteiger partial charge in [0.25, 0.3) is 0 Å². The molecule has 2 aromatic heterocycles. The Labute approximate surface area is 133 Å². The van der Waals surface area contributed by atoms with Gasteiger partial charge in [-0.15, -0.1) is 0 Å². The van der Waals surface area contributed by atoms with Crippen molar-refractivity contribution >= 4 is 32.8 Å². The van der Waals surface area contributed by atoms with Crippen molar-refractivity contribution in [3.63, 3.8) is 0 Å². The zero-order valence-electron chi connectivity index (χ0n) is 13.2. The first-order valence-corrected chi connectivity index (χ1v) is 8.24. The van der Waals surface area contributed by atoms with Gasteiger partial charge < -0.3 is 9.64 Å². The second-order valence-electron chi connectivity index (χ2n) is 5.51. The van der Waals surface area contributed by atoms with E-state index in [1.807, 2.05) is 18.7 Å². The molecule has 8 heteroatoms. The van der Waals surface area contributed by atoms with Crippen molar-refractivity contribution in [2.45, 2.75) is 13.3 Å². The third-order valence-electron chi connectivity index (χ3n) is 4.04. The van der Waals surface area contributed by atoms with Crippen molar-refractivity contribution in [1.82, 2.24) is 19.7 Å². The zero-order valence-corrected chi connectivity index (χ0v) is 14.0. The van der Waals surface area contributed by atoms with Gasteiger partial charge in [-0.05, 0) is 6.92 Å². The molecule has 0 amide bonds. The quantitative estimate of drug-likeness (QED) is 0.783. The molecule has 1 fully saturated rings. The number of carbonyl (C=O) groups excluding carboxylic acids is 1. The van der Waals surface area contributed by atoms with Gasteiger partial charge in [0.15, 0.2) is 10.8 Å². The molecule has 7 nitrogen and oxygen atoms in total. The number of carbonyl (C=O) groups is 1. The van der Waals surface area contributed by atoms with E-state index in [9.17, 15) is 4.79 Å². The molecule has 1 aliphatic heterocycles. The molecule has 0 atom stereocenters. The number of aryl methyl sites for hydroxylation is 2. The summed E-state index contributed by atoms with van der Waals surface area (Å²) in [6.07, 6.45) is 0.461. The number of hydrogen-bond acceptors (Lipinski definition) is 7. The van der Waals surface area contributed by atoms with E-state index in [1.165, 1.54) is 11.8 Å². The molecule has 1 saturated heterocycles. The summed E-state index contributed by atoms with van der Waals surface area (Å²) in [7, 11) is 3.37. The minimum atomic E-state index is -0.142. The van der Waals surface area contributed by atoms with Gasteiger partial charge in [0.05, 0.1) is 23.9 Å². The van der Waals surface area contributed by atoms with E-state index in [-0.39, 0.29) is 5.97 Å². The van der Waals surface area contributed by atoms with Crippen LogP contribution >= 0.6 is 11.3 Å². The third kappa shape index (κ3) is 2.93. The highest BCUT2D eigenvalue weighted by Crippen LogP contribution is 2.31. The monoisotopic (exact) mass is 323 g/mol. The molecular formula is C14H21N5O2S. The van der Waals surface area contributed by atoms with Crippen molar-refractivity contribution in [3.05, 3.63) is 5.69 Å². The van der Waals surface area contributed by atoms with Crippen LogP contribution in [0.1, 0.15) is 12.1 Å². The lowest BCUT2D eigenvalue weighted by molar-refractivity contribution is -0.141. The van der Waals surface area contributed by atoms with Gasteiger partial charge in [-0.1, -0.05) is 11.3 Å². The van der Waals surface area contributed by atoms with Crippen LogP contribution in [0, 0.1) is 6.92 Å². The Morgan fingerprint density at radius 2 is 2.05 bits per heavy atom. The largest absolute Gasteiger partial charge is 0.469 e. The Hall–Kier alpha value is -1.67. The normalized spacial score (nSPS) is 16.4. The van der Waals surface area contributed by atoms with Crippen molar-refractivity contribution in [1.29, 1.82) is 0 Å². The molecule has 120 valence electrons. The molecular weight excluding hydrogens is 302 g/mol. The first kappa shape index (κ1) is 15.2. The summed E-state index contributed by atoms with van der Waals surface area (Å²) < 4.78 is 7.70. The van der Waals surface area contributed by atoms with Crippen LogP contribution in [0.2, 0.25) is 0 Å². The summed E-state index contributed by atoms with van der Waals surface area (Å²) in [6.45, 7) is 6.56. The molecule has 0 aliphatic carbocycles. The van der Waals surface area contributed by atoms with Crippen LogP contribution < -0.4 is 4.90 Å². The van der Waals surface area contributed by atoms with Crippen LogP contribution in [0.3, 0.4) is 0 Å². The Morgan fingerprint density at radius 1 is 1.32 bits per heavy atom. The van der Waals surface area contributed by atoms with Gasteiger partial charge >= 0.3 is 5.97 Å². The molecule has 0 unspecified atom stereocenters. The predicted molar refractivity (Wildman–Crippen MR) is 86.4 cm³/mol. The topological polar surface area (TPSA) is 63.5 Å². The number of rotatable bonds is 4. The van der Waals surface area contributed by atoms with Crippen molar-refractivity contribution in [2.75, 3.05) is 44.7 Å². The van der Waals surface area contributed by atoms with Crippen LogP contribution in [0.4, 0.5) is 5.13 Å². The molecule has 0 aromatic carbocycles. The van der Waals surface area contributed by atoms with E-state index in [4.69, 9.17) is 4.98 Å². The standard InChI is InChI=1S/C14H21N5O2S/c1-10-12-13(17(2)16-10)15-14(22-12)19-8-6-18(7-9-19)5-4-11(20)21-3/h4-9H2,1-3H3. The maximum Gasteiger partial charge on any atom is 0.306 e. The molecule has 22 heavy (non-hydrogen) atoms. The molecule has 0 spiro atoms. The van der Waals surface area contributed by atoms with Crippen LogP contribution in [-0.4, -0.2) is 65.5 Å². The maximum absolute atomic E-state index is 11.2. The van der Waals surface area contributed by atoms with Crippen LogP contribution in [-0.2, 0) is 16.6 Å². The van der Waals surface area contributed by atoms with E-state index < -0.39 is 0 Å². The van der Waals surface area contributed by atoms with Crippen LogP contribution in [0.25, 0.3) is 10.3 Å².